The Morgan fingerprint density at radius 3 is 1.79 bits per heavy atom. The van der Waals surface area contributed by atoms with Crippen molar-refractivity contribution in [2.45, 2.75) is 6.92 Å². The molecule has 10 aromatic rings. The second kappa shape index (κ2) is 11.8. The van der Waals surface area contributed by atoms with Crippen molar-refractivity contribution in [2.24, 2.45) is 0 Å². The minimum absolute atomic E-state index is 0.778. The first-order chi connectivity index (χ1) is 26.1. The predicted octanol–water partition coefficient (Wildman–Crippen LogP) is 13.5. The Morgan fingerprint density at radius 2 is 1.11 bits per heavy atom. The maximum atomic E-state index is 6.21. The van der Waals surface area contributed by atoms with Crippen LogP contribution < -0.4 is 0 Å². The van der Waals surface area contributed by atoms with Crippen molar-refractivity contribution in [3.05, 3.63) is 176 Å². The number of hydrogen-bond acceptors (Lipinski definition) is 1. The molecule has 0 aliphatic rings. The number of fused-ring (bicyclic) bond motifs is 9. The molecule has 0 aliphatic carbocycles. The highest BCUT2D eigenvalue weighted by Gasteiger charge is 2.22. The second-order valence-electron chi connectivity index (χ2n) is 13.4. The van der Waals surface area contributed by atoms with E-state index in [1.165, 1.54) is 27.1 Å². The van der Waals surface area contributed by atoms with E-state index >= 15 is 0 Å². The molecule has 0 radical (unpaired) electrons. The van der Waals surface area contributed by atoms with Gasteiger partial charge < -0.3 is 18.1 Å². The molecule has 53 heavy (non-hydrogen) atoms. The van der Waals surface area contributed by atoms with E-state index in [4.69, 9.17) is 4.42 Å². The number of benzene rings is 6. The first-order valence-electron chi connectivity index (χ1n) is 17.9. The quantitative estimate of drug-likeness (QED) is 0.165. The summed E-state index contributed by atoms with van der Waals surface area (Å²) in [5.74, 6) is 0.778. The molecule has 0 atom stereocenters. The summed E-state index contributed by atoms with van der Waals surface area (Å²) in [5.41, 5.74) is 13.0. The topological polar surface area (TPSA) is 27.9 Å². The molecule has 0 fully saturated rings. The molecule has 10 rings (SSSR count). The molecule has 0 saturated heterocycles. The van der Waals surface area contributed by atoms with Crippen LogP contribution in [-0.4, -0.2) is 13.7 Å². The average Bonchev–Trinajstić information content (AvgIpc) is 3.93. The van der Waals surface area contributed by atoms with E-state index in [2.05, 4.69) is 167 Å². The lowest BCUT2D eigenvalue weighted by Crippen LogP contribution is -1.99. The highest BCUT2D eigenvalue weighted by molar-refractivity contribution is 6.26. The van der Waals surface area contributed by atoms with E-state index in [0.717, 1.165) is 78.1 Å². The van der Waals surface area contributed by atoms with E-state index in [1.54, 1.807) is 6.08 Å². The fourth-order valence-electron chi connectivity index (χ4n) is 8.54. The fraction of sp³-hybridized carbons (Fsp3) is 0.0204. The van der Waals surface area contributed by atoms with Crippen LogP contribution in [-0.2, 0) is 0 Å². The summed E-state index contributed by atoms with van der Waals surface area (Å²) >= 11 is 0. The molecule has 0 aliphatic heterocycles. The van der Waals surface area contributed by atoms with Gasteiger partial charge in [0.1, 0.15) is 11.3 Å². The summed E-state index contributed by atoms with van der Waals surface area (Å²) in [6.07, 6.45) is 9.79. The molecule has 4 nitrogen and oxygen atoms in total. The fourth-order valence-corrected chi connectivity index (χ4v) is 8.54. The van der Waals surface area contributed by atoms with Crippen LogP contribution in [0.2, 0.25) is 0 Å². The van der Waals surface area contributed by atoms with E-state index in [0.29, 0.717) is 0 Å². The number of allylic oxidation sites excluding steroid dienone is 1. The van der Waals surface area contributed by atoms with Gasteiger partial charge in [-0.3, -0.25) is 0 Å². The molecule has 6 aromatic carbocycles. The molecular formula is C49H35N3O. The maximum absolute atomic E-state index is 6.21. The minimum Gasteiger partial charge on any atom is -0.456 e. The number of para-hydroxylation sites is 3. The van der Waals surface area contributed by atoms with Crippen LogP contribution in [0, 0.1) is 0 Å². The van der Waals surface area contributed by atoms with Gasteiger partial charge in [0.05, 0.1) is 33.3 Å². The standard InChI is InChI=1S/C49H35N3O/c1-5-15-37-40-30-33(26-29-47(40)53-46(37)8-4)52-43-20-13-10-17-36(43)38-27-28-45-48(49(38)52)39-18-11-14-21-44(39)51(45)32-24-22-31(23-25-32)50-41(7-3)34(6-2)35-16-9-12-19-42(35)50/h5-30H,2-4H2,1H3/b15-5-. The van der Waals surface area contributed by atoms with E-state index < -0.39 is 0 Å². The Morgan fingerprint density at radius 1 is 0.491 bits per heavy atom. The number of hydrogen-bond donors (Lipinski definition) is 0. The van der Waals surface area contributed by atoms with Crippen molar-refractivity contribution in [3.8, 4) is 17.1 Å². The monoisotopic (exact) mass is 681 g/mol. The summed E-state index contributed by atoms with van der Waals surface area (Å²) < 4.78 is 13.3. The summed E-state index contributed by atoms with van der Waals surface area (Å²) in [6, 6.07) is 45.9. The van der Waals surface area contributed by atoms with Gasteiger partial charge in [0.2, 0.25) is 0 Å². The van der Waals surface area contributed by atoms with Gasteiger partial charge in [0.15, 0.2) is 0 Å². The van der Waals surface area contributed by atoms with Crippen molar-refractivity contribution < 1.29 is 4.42 Å². The van der Waals surface area contributed by atoms with Gasteiger partial charge in [-0.2, -0.15) is 0 Å². The highest BCUT2D eigenvalue weighted by atomic mass is 16.3. The van der Waals surface area contributed by atoms with Crippen LogP contribution in [0.3, 0.4) is 0 Å². The first kappa shape index (κ1) is 30.8. The largest absolute Gasteiger partial charge is 0.456 e. The number of furan rings is 1. The smallest absolute Gasteiger partial charge is 0.135 e. The Hall–Kier alpha value is -7.04. The third-order valence-corrected chi connectivity index (χ3v) is 10.7. The maximum Gasteiger partial charge on any atom is 0.135 e. The highest BCUT2D eigenvalue weighted by Crippen LogP contribution is 2.43. The van der Waals surface area contributed by atoms with Gasteiger partial charge in [0.25, 0.3) is 0 Å². The second-order valence-corrected chi connectivity index (χ2v) is 13.4. The normalized spacial score (nSPS) is 12.0. The molecule has 0 spiro atoms. The first-order valence-corrected chi connectivity index (χ1v) is 17.9. The molecule has 0 bridgehead atoms. The molecule has 4 heterocycles. The molecule has 252 valence electrons. The van der Waals surface area contributed by atoms with Gasteiger partial charge in [-0.1, -0.05) is 98.6 Å². The Bertz CT molecular complexity index is 3170. The SMILES string of the molecule is C=Cc1oc2ccc(-n3c4ccccc4c4ccc5c(c6ccccc6n5-c5ccc(-n6c(C=C)c(C=C)c7ccccc76)cc5)c43)cc2c1/C=C\C. The van der Waals surface area contributed by atoms with Crippen molar-refractivity contribution in [2.75, 3.05) is 0 Å². The van der Waals surface area contributed by atoms with E-state index in [1.807, 2.05) is 25.2 Å². The third-order valence-electron chi connectivity index (χ3n) is 10.7. The van der Waals surface area contributed by atoms with Crippen LogP contribution in [0.5, 0.6) is 0 Å². The van der Waals surface area contributed by atoms with E-state index in [-0.39, 0.29) is 0 Å². The average molecular weight is 682 g/mol. The van der Waals surface area contributed by atoms with Crippen LogP contribution in [0.4, 0.5) is 0 Å². The van der Waals surface area contributed by atoms with Crippen LogP contribution in [0.25, 0.3) is 107 Å². The predicted molar refractivity (Wildman–Crippen MR) is 227 cm³/mol. The number of nitrogens with zero attached hydrogens (tertiary/aromatic N) is 3. The molecule has 4 heteroatoms. The van der Waals surface area contributed by atoms with Gasteiger partial charge in [-0.05, 0) is 85.8 Å². The third kappa shape index (κ3) is 4.30. The summed E-state index contributed by atoms with van der Waals surface area (Å²) in [5, 5.41) is 7.07. The lowest BCUT2D eigenvalue weighted by atomic mass is 10.1. The van der Waals surface area contributed by atoms with Gasteiger partial charge in [0, 0.05) is 60.5 Å². The molecule has 0 N–H and O–H groups in total. The van der Waals surface area contributed by atoms with Crippen LogP contribution in [0.15, 0.2) is 158 Å². The summed E-state index contributed by atoms with van der Waals surface area (Å²) in [7, 11) is 0. The minimum atomic E-state index is 0.778. The molecule has 4 aromatic heterocycles. The molecule has 0 saturated carbocycles. The Balaban J connectivity index is 1.24. The molecule has 0 unspecified atom stereocenters. The van der Waals surface area contributed by atoms with Crippen LogP contribution >= 0.6 is 0 Å². The molecule has 0 amide bonds. The summed E-state index contributed by atoms with van der Waals surface area (Å²) in [6.45, 7) is 14.3. The number of rotatable bonds is 7. The van der Waals surface area contributed by atoms with Crippen molar-refractivity contribution in [1.82, 2.24) is 13.7 Å². The molecular weight excluding hydrogens is 647 g/mol. The van der Waals surface area contributed by atoms with Crippen molar-refractivity contribution >= 4 is 89.8 Å². The lowest BCUT2D eigenvalue weighted by molar-refractivity contribution is 0.603. The van der Waals surface area contributed by atoms with Gasteiger partial charge in [-0.25, -0.2) is 0 Å². The van der Waals surface area contributed by atoms with Crippen molar-refractivity contribution in [1.29, 1.82) is 0 Å². The number of aromatic nitrogens is 3. The van der Waals surface area contributed by atoms with E-state index in [9.17, 15) is 0 Å². The van der Waals surface area contributed by atoms with Gasteiger partial charge >= 0.3 is 0 Å². The summed E-state index contributed by atoms with van der Waals surface area (Å²) in [4.78, 5) is 0. The lowest BCUT2D eigenvalue weighted by Gasteiger charge is -2.13. The van der Waals surface area contributed by atoms with Crippen LogP contribution in [0.1, 0.15) is 29.5 Å². The zero-order valence-corrected chi connectivity index (χ0v) is 29.4. The Labute approximate surface area is 306 Å². The zero-order valence-electron chi connectivity index (χ0n) is 29.4. The van der Waals surface area contributed by atoms with Gasteiger partial charge in [-0.15, -0.1) is 0 Å². The van der Waals surface area contributed by atoms with Crippen molar-refractivity contribution in [3.63, 3.8) is 0 Å². The Kier molecular flexibility index (Phi) is 6.82. The zero-order chi connectivity index (χ0) is 35.8.